The number of nitrogens with zero attached hydrogens (tertiary/aromatic N) is 3. The highest BCUT2D eigenvalue weighted by atomic mass is 28.4. The molecule has 2 fully saturated rings. The third kappa shape index (κ3) is 6.02. The minimum atomic E-state index is -2.93. The van der Waals surface area contributed by atoms with E-state index in [-0.39, 0.29) is 24.8 Å². The normalized spacial score (nSPS) is 31.7. The highest BCUT2D eigenvalue weighted by Crippen LogP contribution is 2.44. The van der Waals surface area contributed by atoms with Gasteiger partial charge in [-0.2, -0.15) is 0 Å². The molecule has 0 aromatic heterocycles. The number of rotatable bonds is 11. The summed E-state index contributed by atoms with van der Waals surface area (Å²) in [4.78, 5) is 2.76. The predicted molar refractivity (Wildman–Crippen MR) is 159 cm³/mol. The predicted octanol–water partition coefficient (Wildman–Crippen LogP) is 3.48. The zero-order valence-electron chi connectivity index (χ0n) is 25.4. The molecular weight excluding hydrogens is 558 g/mol. The van der Waals surface area contributed by atoms with Crippen molar-refractivity contribution in [3.8, 4) is 0 Å². The van der Waals surface area contributed by atoms with Crippen LogP contribution < -0.4 is 10.4 Å². The summed E-state index contributed by atoms with van der Waals surface area (Å²) in [6.45, 7) is 10.2. The lowest BCUT2D eigenvalue weighted by atomic mass is 9.94. The molecule has 0 spiro atoms. The number of hydrogen-bond acceptors (Lipinski definition) is 9. The molecule has 0 aliphatic carbocycles. The minimum absolute atomic E-state index is 0.0453. The second kappa shape index (κ2) is 13.1. The lowest BCUT2D eigenvalue weighted by molar-refractivity contribution is -0.479. The van der Waals surface area contributed by atoms with Gasteiger partial charge in [-0.25, -0.2) is 0 Å². The maximum Gasteiger partial charge on any atom is 0.261 e. The molecule has 2 aromatic rings. The van der Waals surface area contributed by atoms with Gasteiger partial charge in [-0.05, 0) is 34.8 Å². The summed E-state index contributed by atoms with van der Waals surface area (Å²) >= 11 is 0. The number of benzene rings is 2. The Morgan fingerprint density at radius 3 is 1.93 bits per heavy atom. The van der Waals surface area contributed by atoms with Gasteiger partial charge in [0.15, 0.2) is 6.29 Å². The van der Waals surface area contributed by atoms with E-state index < -0.39 is 50.6 Å². The summed E-state index contributed by atoms with van der Waals surface area (Å²) in [6, 6.07) is 20.6. The molecule has 4 rings (SSSR count). The number of aliphatic hydroxyl groups is 1. The third-order valence-corrected chi connectivity index (χ3v) is 13.4. The fourth-order valence-electron chi connectivity index (χ4n) is 5.87. The van der Waals surface area contributed by atoms with E-state index in [1.54, 1.807) is 13.8 Å². The van der Waals surface area contributed by atoms with Crippen molar-refractivity contribution in [1.29, 1.82) is 0 Å². The molecule has 0 amide bonds. The number of azide groups is 1. The van der Waals surface area contributed by atoms with E-state index in [1.165, 1.54) is 14.2 Å². The molecule has 2 heterocycles. The van der Waals surface area contributed by atoms with Crippen LogP contribution in [0.3, 0.4) is 0 Å². The van der Waals surface area contributed by atoms with Gasteiger partial charge in [0, 0.05) is 25.7 Å². The summed E-state index contributed by atoms with van der Waals surface area (Å²) in [5, 5.41) is 16.8. The Morgan fingerprint density at radius 1 is 0.929 bits per heavy atom. The Kier molecular flexibility index (Phi) is 10.2. The topological polar surface area (TPSA) is 134 Å². The van der Waals surface area contributed by atoms with E-state index >= 15 is 0 Å². The van der Waals surface area contributed by atoms with Gasteiger partial charge in [0.05, 0.1) is 13.2 Å². The van der Waals surface area contributed by atoms with Gasteiger partial charge in [0.1, 0.15) is 24.4 Å². The molecule has 2 aliphatic rings. The van der Waals surface area contributed by atoms with Gasteiger partial charge in [0.2, 0.25) is 11.6 Å². The third-order valence-electron chi connectivity index (χ3n) is 8.36. The van der Waals surface area contributed by atoms with Crippen LogP contribution in [0.1, 0.15) is 34.6 Å². The monoisotopic (exact) mass is 601 g/mol. The van der Waals surface area contributed by atoms with Crippen molar-refractivity contribution in [3.63, 3.8) is 0 Å². The fraction of sp³-hybridized carbons (Fsp3) is 0.600. The standard InChI is InChI=1S/C30H43N3O8Si/c1-28(2,3)42(21-14-10-8-11-15-21,22-16-12-9-13-17-22)38-20-23-25-26(24(34)27(39-23)37-19-18-32-33-31)41-30(5,36-7)29(4,35-6)40-25/h8-17,23-27,34H,18-20H2,1-7H3/t23?,24?,25-,26-,27+,29+,30+/m1/s1. The summed E-state index contributed by atoms with van der Waals surface area (Å²) in [5.41, 5.74) is 8.66. The van der Waals surface area contributed by atoms with Gasteiger partial charge < -0.3 is 38.0 Å². The molecular formula is C30H43N3O8Si. The molecule has 2 aliphatic heterocycles. The number of ether oxygens (including phenoxy) is 6. The van der Waals surface area contributed by atoms with Crippen molar-refractivity contribution in [3.05, 3.63) is 71.1 Å². The van der Waals surface area contributed by atoms with Crippen molar-refractivity contribution in [1.82, 2.24) is 0 Å². The quantitative estimate of drug-likeness (QED) is 0.136. The highest BCUT2D eigenvalue weighted by molar-refractivity contribution is 6.99. The second-order valence-electron chi connectivity index (χ2n) is 11.8. The minimum Gasteiger partial charge on any atom is -0.405 e. The van der Waals surface area contributed by atoms with Gasteiger partial charge in [-0.15, -0.1) is 0 Å². The van der Waals surface area contributed by atoms with Gasteiger partial charge in [-0.3, -0.25) is 0 Å². The van der Waals surface area contributed by atoms with Crippen molar-refractivity contribution < 1.29 is 38.0 Å². The van der Waals surface area contributed by atoms with Crippen LogP contribution in [0.5, 0.6) is 0 Å². The average molecular weight is 602 g/mol. The van der Waals surface area contributed by atoms with Crippen LogP contribution >= 0.6 is 0 Å². The second-order valence-corrected chi connectivity index (χ2v) is 16.1. The maximum absolute atomic E-state index is 11.3. The maximum atomic E-state index is 11.3. The van der Waals surface area contributed by atoms with Crippen LogP contribution in [0.15, 0.2) is 65.8 Å². The van der Waals surface area contributed by atoms with Crippen LogP contribution in [0.25, 0.3) is 10.4 Å². The van der Waals surface area contributed by atoms with Gasteiger partial charge >= 0.3 is 0 Å². The molecule has 0 saturated carbocycles. The van der Waals surface area contributed by atoms with E-state index in [0.29, 0.717) is 0 Å². The fourth-order valence-corrected chi connectivity index (χ4v) is 10.4. The smallest absolute Gasteiger partial charge is 0.261 e. The highest BCUT2D eigenvalue weighted by Gasteiger charge is 2.63. The number of methoxy groups -OCH3 is 2. The van der Waals surface area contributed by atoms with Crippen molar-refractivity contribution in [2.45, 2.75) is 81.9 Å². The van der Waals surface area contributed by atoms with Gasteiger partial charge in [0.25, 0.3) is 8.32 Å². The zero-order valence-corrected chi connectivity index (χ0v) is 26.4. The molecule has 11 nitrogen and oxygen atoms in total. The molecule has 2 saturated heterocycles. The Bertz CT molecular complexity index is 1170. The van der Waals surface area contributed by atoms with Crippen molar-refractivity contribution in [2.75, 3.05) is 34.0 Å². The van der Waals surface area contributed by atoms with Crippen LogP contribution in [0.2, 0.25) is 5.04 Å². The molecule has 230 valence electrons. The average Bonchev–Trinajstić information content (AvgIpc) is 2.98. The Hall–Kier alpha value is -2.35. The number of hydrogen-bond donors (Lipinski definition) is 1. The molecule has 1 N–H and O–H groups in total. The van der Waals surface area contributed by atoms with Gasteiger partial charge in [-0.1, -0.05) is 86.5 Å². The first-order valence-corrected chi connectivity index (χ1v) is 16.0. The molecule has 2 unspecified atom stereocenters. The van der Waals surface area contributed by atoms with Crippen LogP contribution in [-0.4, -0.2) is 89.7 Å². The Balaban J connectivity index is 1.74. The zero-order chi connectivity index (χ0) is 30.6. The van der Waals surface area contributed by atoms with Crippen LogP contribution in [0.4, 0.5) is 0 Å². The summed E-state index contributed by atoms with van der Waals surface area (Å²) in [6.07, 6.45) is -4.74. The Morgan fingerprint density at radius 2 is 1.45 bits per heavy atom. The van der Waals surface area contributed by atoms with Crippen LogP contribution in [-0.2, 0) is 32.8 Å². The largest absolute Gasteiger partial charge is 0.405 e. The van der Waals surface area contributed by atoms with E-state index in [0.717, 1.165) is 10.4 Å². The summed E-state index contributed by atoms with van der Waals surface area (Å²) in [5.74, 6) is -2.67. The lowest BCUT2D eigenvalue weighted by Gasteiger charge is -2.57. The van der Waals surface area contributed by atoms with E-state index in [1.807, 2.05) is 36.4 Å². The number of fused-ring (bicyclic) bond motifs is 1. The first kappa shape index (κ1) is 32.6. The molecule has 7 atom stereocenters. The van der Waals surface area contributed by atoms with Crippen LogP contribution in [0, 0.1) is 0 Å². The summed E-state index contributed by atoms with van der Waals surface area (Å²) < 4.78 is 43.7. The van der Waals surface area contributed by atoms with Crippen molar-refractivity contribution >= 4 is 18.7 Å². The molecule has 0 radical (unpaired) electrons. The first-order valence-electron chi connectivity index (χ1n) is 14.1. The Labute approximate surface area is 248 Å². The summed E-state index contributed by atoms with van der Waals surface area (Å²) in [7, 11) is 0.0657. The van der Waals surface area contributed by atoms with Crippen molar-refractivity contribution in [2.24, 2.45) is 5.11 Å². The molecule has 0 bridgehead atoms. The molecule has 42 heavy (non-hydrogen) atoms. The number of aliphatic hydroxyl groups excluding tert-OH is 1. The molecule has 12 heteroatoms. The van der Waals surface area contributed by atoms with E-state index in [9.17, 15) is 5.11 Å². The SMILES string of the molecule is CO[C@@]1(C)O[C@@H]2C(CO[Si](c3ccccc3)(c3ccccc3)C(C)(C)C)O[C@H](OCCN=[N+]=[N-])C(O)[C@H]2O[C@]1(C)OC. The van der Waals surface area contributed by atoms with E-state index in [2.05, 4.69) is 55.1 Å². The lowest BCUT2D eigenvalue weighted by Crippen LogP contribution is -2.74. The van der Waals surface area contributed by atoms with E-state index in [4.69, 9.17) is 38.4 Å². The molecule has 2 aromatic carbocycles. The first-order chi connectivity index (χ1) is 20.0.